The van der Waals surface area contributed by atoms with Gasteiger partial charge in [0.15, 0.2) is 0 Å². The van der Waals surface area contributed by atoms with Crippen LogP contribution < -0.4 is 16.4 Å². The number of allylic oxidation sites excluding steroid dienone is 2. The fourth-order valence-electron chi connectivity index (χ4n) is 1.75. The number of aliphatic imine (C=N–C) groups is 1. The van der Waals surface area contributed by atoms with Gasteiger partial charge in [0.2, 0.25) is 0 Å². The lowest BCUT2D eigenvalue weighted by Gasteiger charge is -2.29. The molecule has 17 heavy (non-hydrogen) atoms. The Kier molecular flexibility index (Phi) is 6.11. The van der Waals surface area contributed by atoms with Crippen molar-refractivity contribution in [1.29, 1.82) is 0 Å². The Morgan fingerprint density at radius 1 is 1.59 bits per heavy atom. The Balaban J connectivity index is 2.69. The first-order chi connectivity index (χ1) is 8.17. The van der Waals surface area contributed by atoms with E-state index in [4.69, 9.17) is 5.73 Å². The molecule has 1 atom stereocenters. The smallest absolute Gasteiger partial charge is 0.0579 e. The lowest BCUT2D eigenvalue weighted by atomic mass is 9.91. The van der Waals surface area contributed by atoms with E-state index in [9.17, 15) is 0 Å². The first kappa shape index (κ1) is 14.1. The molecular weight excluding hydrogens is 212 g/mol. The molecule has 0 spiro atoms. The second-order valence-electron chi connectivity index (χ2n) is 4.47. The molecule has 1 fully saturated rings. The summed E-state index contributed by atoms with van der Waals surface area (Å²) in [7, 11) is 3.68. The van der Waals surface area contributed by atoms with Gasteiger partial charge in [0, 0.05) is 32.3 Å². The molecule has 1 saturated heterocycles. The molecule has 1 rings (SSSR count). The van der Waals surface area contributed by atoms with Crippen molar-refractivity contribution < 1.29 is 0 Å². The van der Waals surface area contributed by atoms with Gasteiger partial charge in [-0.05, 0) is 31.5 Å². The van der Waals surface area contributed by atoms with E-state index >= 15 is 0 Å². The highest BCUT2D eigenvalue weighted by atomic mass is 15.0. The first-order valence-electron chi connectivity index (χ1n) is 6.11. The standard InChI is InChI=1S/C13H24N4/c1-10(7-15-2)6-11(12-8-17-9-12)4-5-13(14)16-3/h4,6-7,12-13,16-17H,5,8-9,14H2,1-3H3/b10-6+,11-4+,15-7?. The van der Waals surface area contributed by atoms with Gasteiger partial charge in [0.25, 0.3) is 0 Å². The van der Waals surface area contributed by atoms with Crippen molar-refractivity contribution in [3.8, 4) is 0 Å². The number of nitrogens with zero attached hydrogens (tertiary/aromatic N) is 1. The lowest BCUT2D eigenvalue weighted by Crippen LogP contribution is -2.43. The molecule has 4 heteroatoms. The second-order valence-corrected chi connectivity index (χ2v) is 4.47. The number of hydrogen-bond acceptors (Lipinski definition) is 4. The van der Waals surface area contributed by atoms with Crippen molar-refractivity contribution in [2.75, 3.05) is 27.2 Å². The third-order valence-electron chi connectivity index (χ3n) is 2.96. The summed E-state index contributed by atoms with van der Waals surface area (Å²) in [5.74, 6) is 0.624. The van der Waals surface area contributed by atoms with Gasteiger partial charge in [-0.2, -0.15) is 0 Å². The number of hydrogen-bond donors (Lipinski definition) is 3. The van der Waals surface area contributed by atoms with Crippen molar-refractivity contribution in [1.82, 2.24) is 10.6 Å². The van der Waals surface area contributed by atoms with Gasteiger partial charge in [0.1, 0.15) is 0 Å². The molecule has 1 aliphatic heterocycles. The van der Waals surface area contributed by atoms with Crippen LogP contribution in [0.4, 0.5) is 0 Å². The minimum atomic E-state index is 0.0339. The van der Waals surface area contributed by atoms with Gasteiger partial charge >= 0.3 is 0 Å². The predicted molar refractivity (Wildman–Crippen MR) is 74.3 cm³/mol. The fraction of sp³-hybridized carbons (Fsp3) is 0.615. The van der Waals surface area contributed by atoms with Gasteiger partial charge < -0.3 is 16.4 Å². The maximum absolute atomic E-state index is 5.85. The largest absolute Gasteiger partial charge is 0.316 e. The van der Waals surface area contributed by atoms with Crippen LogP contribution in [0.2, 0.25) is 0 Å². The van der Waals surface area contributed by atoms with E-state index in [-0.39, 0.29) is 6.17 Å². The van der Waals surface area contributed by atoms with Crippen LogP contribution in [0.5, 0.6) is 0 Å². The summed E-state index contributed by atoms with van der Waals surface area (Å²) >= 11 is 0. The summed E-state index contributed by atoms with van der Waals surface area (Å²) in [6.45, 7) is 4.20. The maximum atomic E-state index is 5.85. The average molecular weight is 236 g/mol. The van der Waals surface area contributed by atoms with Crippen LogP contribution in [0.15, 0.2) is 28.3 Å². The third kappa shape index (κ3) is 4.81. The van der Waals surface area contributed by atoms with E-state index in [1.165, 1.54) is 11.1 Å². The van der Waals surface area contributed by atoms with E-state index in [2.05, 4.69) is 34.7 Å². The van der Waals surface area contributed by atoms with Crippen molar-refractivity contribution >= 4 is 6.21 Å². The van der Waals surface area contributed by atoms with Crippen molar-refractivity contribution in [2.24, 2.45) is 16.6 Å². The van der Waals surface area contributed by atoms with Gasteiger partial charge in [-0.1, -0.05) is 12.2 Å². The van der Waals surface area contributed by atoms with Crippen molar-refractivity contribution in [3.63, 3.8) is 0 Å². The normalized spacial score (nSPS) is 20.7. The molecule has 0 aromatic heterocycles. The van der Waals surface area contributed by atoms with Crippen molar-refractivity contribution in [3.05, 3.63) is 23.3 Å². The Morgan fingerprint density at radius 2 is 2.29 bits per heavy atom. The summed E-state index contributed by atoms with van der Waals surface area (Å²) in [5, 5.41) is 6.34. The van der Waals surface area contributed by atoms with Gasteiger partial charge in [-0.3, -0.25) is 4.99 Å². The van der Waals surface area contributed by atoms with Crippen LogP contribution in [0.1, 0.15) is 13.3 Å². The minimum Gasteiger partial charge on any atom is -0.316 e. The highest BCUT2D eigenvalue weighted by Crippen LogP contribution is 2.19. The molecule has 1 unspecified atom stereocenters. The predicted octanol–water partition coefficient (Wildman–Crippen LogP) is 0.673. The fourth-order valence-corrected chi connectivity index (χ4v) is 1.75. The van der Waals surface area contributed by atoms with Crippen LogP contribution in [0.25, 0.3) is 0 Å². The number of nitrogens with two attached hydrogens (primary N) is 1. The number of nitrogens with one attached hydrogen (secondary N) is 2. The highest BCUT2D eigenvalue weighted by molar-refractivity contribution is 5.78. The quantitative estimate of drug-likeness (QED) is 0.361. The Hall–Kier alpha value is -0.970. The van der Waals surface area contributed by atoms with Crippen LogP contribution in [0.3, 0.4) is 0 Å². The summed E-state index contributed by atoms with van der Waals surface area (Å²) < 4.78 is 0. The molecule has 0 amide bonds. The molecule has 1 heterocycles. The molecule has 0 radical (unpaired) electrons. The Morgan fingerprint density at radius 3 is 2.76 bits per heavy atom. The maximum Gasteiger partial charge on any atom is 0.0579 e. The molecule has 0 saturated carbocycles. The lowest BCUT2D eigenvalue weighted by molar-refractivity contribution is 0.403. The van der Waals surface area contributed by atoms with Gasteiger partial charge in [-0.25, -0.2) is 0 Å². The first-order valence-corrected chi connectivity index (χ1v) is 6.11. The minimum absolute atomic E-state index is 0.0339. The molecule has 0 aromatic carbocycles. The van der Waals surface area contributed by atoms with E-state index in [0.29, 0.717) is 5.92 Å². The summed E-state index contributed by atoms with van der Waals surface area (Å²) in [4.78, 5) is 4.03. The Labute approximate surface area is 104 Å². The molecule has 4 nitrogen and oxygen atoms in total. The zero-order chi connectivity index (χ0) is 12.7. The average Bonchev–Trinajstić information content (AvgIpc) is 2.23. The molecule has 1 aliphatic rings. The second kappa shape index (κ2) is 7.37. The van der Waals surface area contributed by atoms with Crippen LogP contribution in [-0.4, -0.2) is 39.6 Å². The van der Waals surface area contributed by atoms with E-state index < -0.39 is 0 Å². The molecule has 4 N–H and O–H groups in total. The summed E-state index contributed by atoms with van der Waals surface area (Å²) in [6, 6.07) is 0. The van der Waals surface area contributed by atoms with E-state index in [0.717, 1.165) is 19.5 Å². The van der Waals surface area contributed by atoms with E-state index in [1.54, 1.807) is 7.05 Å². The van der Waals surface area contributed by atoms with E-state index in [1.807, 2.05) is 13.3 Å². The summed E-state index contributed by atoms with van der Waals surface area (Å²) in [5.41, 5.74) is 8.40. The molecule has 96 valence electrons. The third-order valence-corrected chi connectivity index (χ3v) is 2.96. The molecule has 0 aliphatic carbocycles. The van der Waals surface area contributed by atoms with Crippen LogP contribution in [-0.2, 0) is 0 Å². The van der Waals surface area contributed by atoms with Crippen LogP contribution >= 0.6 is 0 Å². The summed E-state index contributed by atoms with van der Waals surface area (Å²) in [6.07, 6.45) is 7.22. The molecular formula is C13H24N4. The zero-order valence-corrected chi connectivity index (χ0v) is 11.0. The SMILES string of the molecule is CN=C/C(C)=C/C(=C\CC(N)NC)C1CNC1. The monoisotopic (exact) mass is 236 g/mol. The molecule has 0 aromatic rings. The Bertz CT molecular complexity index is 313. The van der Waals surface area contributed by atoms with Crippen molar-refractivity contribution in [2.45, 2.75) is 19.5 Å². The zero-order valence-electron chi connectivity index (χ0n) is 11.0. The van der Waals surface area contributed by atoms with Gasteiger partial charge in [0.05, 0.1) is 6.17 Å². The molecule has 0 bridgehead atoms. The van der Waals surface area contributed by atoms with Crippen LogP contribution in [0, 0.1) is 5.92 Å². The highest BCUT2D eigenvalue weighted by Gasteiger charge is 2.19. The van der Waals surface area contributed by atoms with Gasteiger partial charge in [-0.15, -0.1) is 0 Å². The number of rotatable bonds is 6. The topological polar surface area (TPSA) is 62.4 Å².